The molecule has 18 heavy (non-hydrogen) atoms. The summed E-state index contributed by atoms with van der Waals surface area (Å²) in [5.41, 5.74) is 2.01. The van der Waals surface area contributed by atoms with Crippen LogP contribution in [0.5, 0.6) is 0 Å². The number of aliphatic carboxylic acids is 1. The van der Waals surface area contributed by atoms with Crippen LogP contribution in [0.25, 0.3) is 5.69 Å². The minimum absolute atomic E-state index is 0.201. The molecule has 0 saturated carbocycles. The summed E-state index contributed by atoms with van der Waals surface area (Å²) in [7, 11) is 0. The lowest BCUT2D eigenvalue weighted by Gasteiger charge is -2.05. The Morgan fingerprint density at radius 1 is 1.28 bits per heavy atom. The fourth-order valence-corrected chi connectivity index (χ4v) is 1.92. The molecule has 0 aliphatic carbocycles. The highest BCUT2D eigenvalue weighted by Gasteiger charge is 2.03. The van der Waals surface area contributed by atoms with Crippen molar-refractivity contribution in [3.63, 3.8) is 0 Å². The van der Waals surface area contributed by atoms with E-state index in [1.165, 1.54) is 0 Å². The summed E-state index contributed by atoms with van der Waals surface area (Å²) in [4.78, 5) is 10.4. The molecule has 1 N–H and O–H groups in total. The highest BCUT2D eigenvalue weighted by molar-refractivity contribution is 6.29. The highest BCUT2D eigenvalue weighted by Crippen LogP contribution is 2.16. The van der Waals surface area contributed by atoms with Gasteiger partial charge in [0, 0.05) is 6.42 Å². The number of aromatic nitrogens is 2. The fraction of sp³-hybridized carbons (Fsp3) is 0.231. The Bertz CT molecular complexity index is 534. The van der Waals surface area contributed by atoms with E-state index in [0.717, 1.165) is 17.7 Å². The normalized spacial score (nSPS) is 10.5. The molecule has 2 aromatic rings. The van der Waals surface area contributed by atoms with Gasteiger partial charge in [0.15, 0.2) is 0 Å². The van der Waals surface area contributed by atoms with Gasteiger partial charge in [0.1, 0.15) is 5.15 Å². The van der Waals surface area contributed by atoms with Crippen molar-refractivity contribution >= 4 is 17.6 Å². The predicted octanol–water partition coefficient (Wildman–Crippen LogP) is 2.93. The Morgan fingerprint density at radius 3 is 2.56 bits per heavy atom. The molecule has 0 aliphatic heterocycles. The number of carboxylic acids is 1. The molecule has 0 radical (unpaired) electrons. The van der Waals surface area contributed by atoms with Gasteiger partial charge < -0.3 is 5.11 Å². The SMILES string of the molecule is O=C(O)CCCc1ccc(-n2nccc2Cl)cc1. The molecular weight excluding hydrogens is 252 g/mol. The molecule has 0 atom stereocenters. The molecule has 0 amide bonds. The van der Waals surface area contributed by atoms with Crippen LogP contribution >= 0.6 is 11.6 Å². The average Bonchev–Trinajstić information content (AvgIpc) is 2.76. The minimum Gasteiger partial charge on any atom is -0.481 e. The smallest absolute Gasteiger partial charge is 0.303 e. The van der Waals surface area contributed by atoms with E-state index in [-0.39, 0.29) is 6.42 Å². The van der Waals surface area contributed by atoms with Gasteiger partial charge >= 0.3 is 5.97 Å². The van der Waals surface area contributed by atoms with Crippen molar-refractivity contribution in [3.8, 4) is 5.69 Å². The molecule has 0 bridgehead atoms. The molecule has 1 heterocycles. The Kier molecular flexibility index (Phi) is 3.99. The maximum absolute atomic E-state index is 10.4. The first-order valence-corrected chi connectivity index (χ1v) is 6.05. The van der Waals surface area contributed by atoms with E-state index in [4.69, 9.17) is 16.7 Å². The fourth-order valence-electron chi connectivity index (χ4n) is 1.72. The maximum atomic E-state index is 10.4. The van der Waals surface area contributed by atoms with Crippen LogP contribution in [0, 0.1) is 0 Å². The third-order valence-corrected chi connectivity index (χ3v) is 2.92. The molecule has 94 valence electrons. The van der Waals surface area contributed by atoms with Gasteiger partial charge in [0.05, 0.1) is 11.9 Å². The molecule has 0 aliphatic rings. The number of carboxylic acid groups (broad SMARTS) is 1. The van der Waals surface area contributed by atoms with Gasteiger partial charge in [-0.3, -0.25) is 4.79 Å². The molecule has 0 unspecified atom stereocenters. The molecule has 1 aromatic carbocycles. The second kappa shape index (κ2) is 5.69. The number of benzene rings is 1. The molecule has 2 rings (SSSR count). The van der Waals surface area contributed by atoms with Crippen molar-refractivity contribution in [1.29, 1.82) is 0 Å². The Hall–Kier alpha value is -1.81. The first kappa shape index (κ1) is 12.6. The zero-order valence-electron chi connectivity index (χ0n) is 9.71. The molecule has 0 spiro atoms. The van der Waals surface area contributed by atoms with Gasteiger partial charge in [-0.1, -0.05) is 23.7 Å². The van der Waals surface area contributed by atoms with Crippen molar-refractivity contribution in [1.82, 2.24) is 9.78 Å². The van der Waals surface area contributed by atoms with Crippen molar-refractivity contribution in [2.45, 2.75) is 19.3 Å². The summed E-state index contributed by atoms with van der Waals surface area (Å²) in [5, 5.41) is 13.2. The lowest BCUT2D eigenvalue weighted by molar-refractivity contribution is -0.137. The number of carbonyl (C=O) groups is 1. The standard InChI is InChI=1S/C13H13ClN2O2/c14-12-8-9-15-16(12)11-6-4-10(5-7-11)2-1-3-13(17)18/h4-9H,1-3H2,(H,17,18). The van der Waals surface area contributed by atoms with Crippen LogP contribution in [0.3, 0.4) is 0 Å². The van der Waals surface area contributed by atoms with Crippen LogP contribution in [0.1, 0.15) is 18.4 Å². The molecular formula is C13H13ClN2O2. The van der Waals surface area contributed by atoms with E-state index >= 15 is 0 Å². The van der Waals surface area contributed by atoms with E-state index in [9.17, 15) is 4.79 Å². The van der Waals surface area contributed by atoms with Crippen molar-refractivity contribution < 1.29 is 9.90 Å². The highest BCUT2D eigenvalue weighted by atomic mass is 35.5. The second-order valence-electron chi connectivity index (χ2n) is 3.98. The largest absolute Gasteiger partial charge is 0.481 e. The zero-order chi connectivity index (χ0) is 13.0. The van der Waals surface area contributed by atoms with Crippen molar-refractivity contribution in [3.05, 3.63) is 47.2 Å². The van der Waals surface area contributed by atoms with Gasteiger partial charge in [-0.2, -0.15) is 5.10 Å². The third-order valence-electron chi connectivity index (χ3n) is 2.63. The van der Waals surface area contributed by atoms with Crippen LogP contribution in [0.4, 0.5) is 0 Å². The minimum atomic E-state index is -0.755. The van der Waals surface area contributed by atoms with E-state index in [1.54, 1.807) is 16.9 Å². The van der Waals surface area contributed by atoms with Gasteiger partial charge in [0.2, 0.25) is 0 Å². The van der Waals surface area contributed by atoms with Gasteiger partial charge in [-0.15, -0.1) is 0 Å². The van der Waals surface area contributed by atoms with E-state index < -0.39 is 5.97 Å². The van der Waals surface area contributed by atoms with Crippen LogP contribution in [0.2, 0.25) is 5.15 Å². The molecule has 0 saturated heterocycles. The summed E-state index contributed by atoms with van der Waals surface area (Å²) in [6.07, 6.45) is 3.26. The number of hydrogen-bond acceptors (Lipinski definition) is 2. The first-order chi connectivity index (χ1) is 8.66. The molecule has 0 fully saturated rings. The van der Waals surface area contributed by atoms with Crippen molar-refractivity contribution in [2.24, 2.45) is 0 Å². The quantitative estimate of drug-likeness (QED) is 0.903. The Labute approximate surface area is 110 Å². The van der Waals surface area contributed by atoms with Gasteiger partial charge in [-0.25, -0.2) is 4.68 Å². The Morgan fingerprint density at radius 2 is 2.00 bits per heavy atom. The van der Waals surface area contributed by atoms with Crippen LogP contribution in [-0.2, 0) is 11.2 Å². The number of rotatable bonds is 5. The number of hydrogen-bond donors (Lipinski definition) is 1. The van der Waals surface area contributed by atoms with Gasteiger partial charge in [0.25, 0.3) is 0 Å². The Balaban J connectivity index is 2.02. The van der Waals surface area contributed by atoms with Crippen LogP contribution < -0.4 is 0 Å². The first-order valence-electron chi connectivity index (χ1n) is 5.67. The summed E-state index contributed by atoms with van der Waals surface area (Å²) in [6.45, 7) is 0. The molecule has 1 aromatic heterocycles. The number of nitrogens with zero attached hydrogens (tertiary/aromatic N) is 2. The number of aryl methyl sites for hydroxylation is 1. The monoisotopic (exact) mass is 264 g/mol. The zero-order valence-corrected chi connectivity index (χ0v) is 10.5. The summed E-state index contributed by atoms with van der Waals surface area (Å²) in [5.74, 6) is -0.755. The van der Waals surface area contributed by atoms with E-state index in [1.807, 2.05) is 24.3 Å². The van der Waals surface area contributed by atoms with Crippen LogP contribution in [0.15, 0.2) is 36.5 Å². The van der Waals surface area contributed by atoms with Crippen molar-refractivity contribution in [2.75, 3.05) is 0 Å². The lowest BCUT2D eigenvalue weighted by atomic mass is 10.1. The summed E-state index contributed by atoms with van der Waals surface area (Å²) < 4.78 is 1.64. The summed E-state index contributed by atoms with van der Waals surface area (Å²) >= 11 is 5.97. The van der Waals surface area contributed by atoms with Gasteiger partial charge in [-0.05, 0) is 36.6 Å². The molecule has 5 heteroatoms. The number of halogens is 1. The average molecular weight is 265 g/mol. The summed E-state index contributed by atoms with van der Waals surface area (Å²) in [6, 6.07) is 9.51. The molecule has 4 nitrogen and oxygen atoms in total. The third kappa shape index (κ3) is 3.11. The predicted molar refractivity (Wildman–Crippen MR) is 69.1 cm³/mol. The van der Waals surface area contributed by atoms with E-state index in [0.29, 0.717) is 11.6 Å². The second-order valence-corrected chi connectivity index (χ2v) is 4.37. The van der Waals surface area contributed by atoms with E-state index in [2.05, 4.69) is 5.10 Å². The van der Waals surface area contributed by atoms with Crippen LogP contribution in [-0.4, -0.2) is 20.9 Å². The lowest BCUT2D eigenvalue weighted by Crippen LogP contribution is -1.98. The topological polar surface area (TPSA) is 55.1 Å². The maximum Gasteiger partial charge on any atom is 0.303 e.